The molecule has 3 rings (SSSR count). The first kappa shape index (κ1) is 12.3. The molecule has 1 aliphatic rings. The Morgan fingerprint density at radius 2 is 1.32 bits per heavy atom. The van der Waals surface area contributed by atoms with Crippen molar-refractivity contribution in [1.82, 2.24) is 0 Å². The largest absolute Gasteiger partial charge is 0.176 e. The summed E-state index contributed by atoms with van der Waals surface area (Å²) in [5, 5.41) is 0. The van der Waals surface area contributed by atoms with Gasteiger partial charge in [-0.05, 0) is 51.8 Å². The van der Waals surface area contributed by atoms with Gasteiger partial charge in [0.1, 0.15) is 0 Å². The van der Waals surface area contributed by atoms with Crippen LogP contribution in [0.3, 0.4) is 0 Å². The van der Waals surface area contributed by atoms with E-state index >= 15 is 0 Å². The van der Waals surface area contributed by atoms with Crippen molar-refractivity contribution in [3.63, 3.8) is 0 Å². The average Bonchev–Trinajstić information content (AvgIpc) is 2.51. The Hall–Kier alpha value is -1.73. The Labute approximate surface area is 117 Å². The van der Waals surface area contributed by atoms with Gasteiger partial charge in [0.2, 0.25) is 0 Å². The van der Waals surface area contributed by atoms with Crippen LogP contribution in [0.15, 0.2) is 93.6 Å². The lowest BCUT2D eigenvalue weighted by Gasteiger charge is -2.26. The molecule has 0 nitrogen and oxygen atoms in total. The smallest absolute Gasteiger partial charge is 0.00479 e. The second kappa shape index (κ2) is 5.94. The maximum Gasteiger partial charge on any atom is -0.00479 e. The first-order valence-corrected chi connectivity index (χ1v) is 8.05. The van der Waals surface area contributed by atoms with E-state index in [9.17, 15) is 0 Å². The van der Waals surface area contributed by atoms with Crippen molar-refractivity contribution in [2.45, 2.75) is 22.6 Å². The van der Waals surface area contributed by atoms with Gasteiger partial charge in [-0.2, -0.15) is 10.9 Å². The van der Waals surface area contributed by atoms with Crippen LogP contribution >= 0.6 is 10.9 Å². The first-order valence-electron chi connectivity index (χ1n) is 6.71. The van der Waals surface area contributed by atoms with Crippen LogP contribution in [-0.2, 0) is 0 Å². The lowest BCUT2D eigenvalue weighted by molar-refractivity contribution is 1.02. The molecule has 0 atom stereocenters. The Morgan fingerprint density at radius 3 is 1.79 bits per heavy atom. The minimum absolute atomic E-state index is 0.359. The first-order chi connectivity index (χ1) is 9.45. The summed E-state index contributed by atoms with van der Waals surface area (Å²) in [5.41, 5.74) is 0. The van der Waals surface area contributed by atoms with Crippen molar-refractivity contribution in [2.75, 3.05) is 0 Å². The minimum Gasteiger partial charge on any atom is -0.176 e. The van der Waals surface area contributed by atoms with Gasteiger partial charge in [0, 0.05) is 0 Å². The van der Waals surface area contributed by atoms with Gasteiger partial charge in [0.05, 0.1) is 0 Å². The zero-order valence-corrected chi connectivity index (χ0v) is 11.8. The Morgan fingerprint density at radius 1 is 0.737 bits per heavy atom. The highest BCUT2D eigenvalue weighted by molar-refractivity contribution is 8.20. The third-order valence-electron chi connectivity index (χ3n) is 3.31. The van der Waals surface area contributed by atoms with E-state index in [4.69, 9.17) is 0 Å². The third-order valence-corrected chi connectivity index (χ3v) is 5.88. The average molecular weight is 266 g/mol. The van der Waals surface area contributed by atoms with Crippen molar-refractivity contribution in [1.29, 1.82) is 0 Å². The molecule has 0 spiro atoms. The quantitative estimate of drug-likeness (QED) is 0.712. The zero-order valence-electron chi connectivity index (χ0n) is 10.9. The fourth-order valence-electron chi connectivity index (χ4n) is 2.41. The normalized spacial score (nSPS) is 14.9. The SMILES string of the molecule is C1=CCCC([SH](c2ccccc2)c2ccccc2)=C1. The fraction of sp³-hybridized carbons (Fsp3) is 0.111. The second-order valence-electron chi connectivity index (χ2n) is 4.63. The molecule has 1 aliphatic carbocycles. The van der Waals surface area contributed by atoms with Crippen LogP contribution in [0.1, 0.15) is 12.8 Å². The zero-order chi connectivity index (χ0) is 12.9. The van der Waals surface area contributed by atoms with Gasteiger partial charge in [0.15, 0.2) is 0 Å². The van der Waals surface area contributed by atoms with Gasteiger partial charge in [-0.3, -0.25) is 0 Å². The second-order valence-corrected chi connectivity index (χ2v) is 6.91. The molecule has 0 aliphatic heterocycles. The maximum atomic E-state index is 2.31. The van der Waals surface area contributed by atoms with E-state index in [0.717, 1.165) is 0 Å². The van der Waals surface area contributed by atoms with Crippen LogP contribution in [-0.4, -0.2) is 0 Å². The van der Waals surface area contributed by atoms with Crippen molar-refractivity contribution >= 4 is 10.9 Å². The molecule has 0 aromatic heterocycles. The van der Waals surface area contributed by atoms with Crippen molar-refractivity contribution in [2.24, 2.45) is 0 Å². The highest BCUT2D eigenvalue weighted by Crippen LogP contribution is 2.52. The lowest BCUT2D eigenvalue weighted by Crippen LogP contribution is -1.93. The molecule has 96 valence electrons. The van der Waals surface area contributed by atoms with Crippen molar-refractivity contribution < 1.29 is 0 Å². The summed E-state index contributed by atoms with van der Waals surface area (Å²) in [7, 11) is -0.359. The van der Waals surface area contributed by atoms with Crippen LogP contribution in [0.5, 0.6) is 0 Å². The summed E-state index contributed by atoms with van der Waals surface area (Å²) in [5.74, 6) is 0. The standard InChI is InChI=1S/C18H18S/c1-4-10-16(11-5-1)19(17-12-6-2-7-13-17)18-14-8-3-9-15-18/h1-8,10-14,19H,9,15H2. The van der Waals surface area contributed by atoms with E-state index in [2.05, 4.69) is 78.9 Å². The molecule has 0 saturated heterocycles. The highest BCUT2D eigenvalue weighted by Gasteiger charge is 2.14. The van der Waals surface area contributed by atoms with E-state index in [1.54, 1.807) is 4.91 Å². The summed E-state index contributed by atoms with van der Waals surface area (Å²) in [6.45, 7) is 0. The van der Waals surface area contributed by atoms with E-state index < -0.39 is 0 Å². The molecule has 0 N–H and O–H groups in total. The summed E-state index contributed by atoms with van der Waals surface area (Å²) >= 11 is 0. The van der Waals surface area contributed by atoms with E-state index in [0.29, 0.717) is 0 Å². The van der Waals surface area contributed by atoms with Gasteiger partial charge in [-0.25, -0.2) is 0 Å². The molecule has 0 bridgehead atoms. The van der Waals surface area contributed by atoms with Crippen LogP contribution in [0.2, 0.25) is 0 Å². The molecule has 1 heteroatoms. The topological polar surface area (TPSA) is 0 Å². The number of allylic oxidation sites excluding steroid dienone is 4. The number of benzene rings is 2. The van der Waals surface area contributed by atoms with Crippen molar-refractivity contribution in [3.05, 3.63) is 83.8 Å². The molecule has 2 aromatic rings. The Bertz CT molecular complexity index is 542. The molecule has 0 radical (unpaired) electrons. The molecular weight excluding hydrogens is 248 g/mol. The van der Waals surface area contributed by atoms with E-state index in [-0.39, 0.29) is 10.9 Å². The van der Waals surface area contributed by atoms with E-state index in [1.165, 1.54) is 22.6 Å². The summed E-state index contributed by atoms with van der Waals surface area (Å²) < 4.78 is 0. The number of hydrogen-bond donors (Lipinski definition) is 1. The molecule has 19 heavy (non-hydrogen) atoms. The molecule has 0 fully saturated rings. The molecule has 2 aromatic carbocycles. The van der Waals surface area contributed by atoms with Crippen LogP contribution in [0, 0.1) is 0 Å². The molecule has 0 unspecified atom stereocenters. The lowest BCUT2D eigenvalue weighted by atomic mass is 10.2. The minimum atomic E-state index is -0.359. The molecule has 0 amide bonds. The van der Waals surface area contributed by atoms with Gasteiger partial charge in [-0.1, -0.05) is 54.6 Å². The van der Waals surface area contributed by atoms with Crippen LogP contribution < -0.4 is 0 Å². The Balaban J connectivity index is 2.06. The maximum absolute atomic E-state index is 2.31. The highest BCUT2D eigenvalue weighted by atomic mass is 32.2. The predicted molar refractivity (Wildman–Crippen MR) is 84.9 cm³/mol. The van der Waals surface area contributed by atoms with Crippen molar-refractivity contribution in [3.8, 4) is 0 Å². The third kappa shape index (κ3) is 2.82. The number of hydrogen-bond acceptors (Lipinski definition) is 0. The van der Waals surface area contributed by atoms with Crippen LogP contribution in [0.25, 0.3) is 0 Å². The van der Waals surface area contributed by atoms with Gasteiger partial charge in [0.25, 0.3) is 0 Å². The van der Waals surface area contributed by atoms with Gasteiger partial charge >= 0.3 is 0 Å². The number of rotatable bonds is 3. The Kier molecular flexibility index (Phi) is 3.85. The summed E-state index contributed by atoms with van der Waals surface area (Å²) in [6.07, 6.45) is 9.14. The fourth-order valence-corrected chi connectivity index (χ4v) is 4.90. The van der Waals surface area contributed by atoms with E-state index in [1.807, 2.05) is 0 Å². The molecular formula is C18H18S. The molecule has 0 heterocycles. The van der Waals surface area contributed by atoms with Gasteiger partial charge < -0.3 is 0 Å². The predicted octanol–water partition coefficient (Wildman–Crippen LogP) is 5.34. The van der Waals surface area contributed by atoms with Gasteiger partial charge in [-0.15, -0.1) is 0 Å². The monoisotopic (exact) mass is 266 g/mol. The molecule has 0 saturated carbocycles. The van der Waals surface area contributed by atoms with Crippen LogP contribution in [0.4, 0.5) is 0 Å². The summed E-state index contributed by atoms with van der Waals surface area (Å²) in [6, 6.07) is 21.8. The number of thiol groups is 1. The summed E-state index contributed by atoms with van der Waals surface area (Å²) in [4.78, 5) is 4.48.